The smallest absolute Gasteiger partial charge is 0.330 e. The molecule has 0 fully saturated rings. The molecule has 0 saturated heterocycles. The number of amides is 1. The molecular weight excluding hydrogens is 372 g/mol. The van der Waals surface area contributed by atoms with E-state index in [1.165, 1.54) is 0 Å². The van der Waals surface area contributed by atoms with Gasteiger partial charge in [-0.15, -0.1) is 10.2 Å². The van der Waals surface area contributed by atoms with Crippen LogP contribution in [0.4, 0.5) is 11.4 Å². The molecule has 0 atom stereocenters. The van der Waals surface area contributed by atoms with Gasteiger partial charge >= 0.3 is 5.97 Å². The Morgan fingerprint density at radius 3 is 2.41 bits per heavy atom. The first kappa shape index (κ1) is 20.0. The predicted octanol–water partition coefficient (Wildman–Crippen LogP) is 1.90. The Hall–Kier alpha value is -3.75. The van der Waals surface area contributed by atoms with Gasteiger partial charge in [-0.3, -0.25) is 4.79 Å². The van der Waals surface area contributed by atoms with Crippen molar-refractivity contribution in [2.75, 3.05) is 30.9 Å². The van der Waals surface area contributed by atoms with Gasteiger partial charge in [0.05, 0.1) is 0 Å². The number of esters is 1. The van der Waals surface area contributed by atoms with Gasteiger partial charge in [0.1, 0.15) is 0 Å². The molecule has 9 heteroatoms. The van der Waals surface area contributed by atoms with Crippen LogP contribution in [0.2, 0.25) is 0 Å². The summed E-state index contributed by atoms with van der Waals surface area (Å²) in [5.74, 6) is -0.643. The van der Waals surface area contributed by atoms with Crippen LogP contribution in [0, 0.1) is 6.92 Å². The summed E-state index contributed by atoms with van der Waals surface area (Å²) in [6, 6.07) is 15.0. The molecule has 2 aromatic carbocycles. The van der Waals surface area contributed by atoms with Crippen LogP contribution in [-0.4, -0.2) is 52.8 Å². The minimum Gasteiger partial charge on any atom is -0.454 e. The van der Waals surface area contributed by atoms with Gasteiger partial charge in [-0.2, -0.15) is 4.80 Å². The normalized spacial score (nSPS) is 10.4. The molecule has 0 spiro atoms. The van der Waals surface area contributed by atoms with E-state index in [1.807, 2.05) is 62.3 Å². The molecule has 3 aromatic rings. The molecule has 0 aliphatic rings. The fraction of sp³-hybridized carbons (Fsp3) is 0.250. The average Bonchev–Trinajstić information content (AvgIpc) is 3.16. The highest BCUT2D eigenvalue weighted by molar-refractivity contribution is 5.92. The van der Waals surface area contributed by atoms with Crippen molar-refractivity contribution in [3.63, 3.8) is 0 Å². The second kappa shape index (κ2) is 8.96. The number of rotatable bonds is 7. The zero-order valence-electron chi connectivity index (χ0n) is 16.5. The predicted molar refractivity (Wildman–Crippen MR) is 108 cm³/mol. The van der Waals surface area contributed by atoms with E-state index in [1.54, 1.807) is 12.1 Å². The first-order valence-electron chi connectivity index (χ1n) is 8.98. The van der Waals surface area contributed by atoms with Crippen LogP contribution in [0.3, 0.4) is 0 Å². The largest absolute Gasteiger partial charge is 0.454 e. The maximum atomic E-state index is 12.0. The Balaban J connectivity index is 1.47. The topological polar surface area (TPSA) is 102 Å². The second-order valence-electron chi connectivity index (χ2n) is 6.66. The average molecular weight is 394 g/mol. The van der Waals surface area contributed by atoms with Crippen LogP contribution in [0.15, 0.2) is 48.5 Å². The molecule has 1 heterocycles. The van der Waals surface area contributed by atoms with Gasteiger partial charge in [-0.05, 0) is 36.4 Å². The van der Waals surface area contributed by atoms with Crippen LogP contribution in [0.1, 0.15) is 5.56 Å². The lowest BCUT2D eigenvalue weighted by Gasteiger charge is -2.13. The van der Waals surface area contributed by atoms with E-state index in [9.17, 15) is 9.59 Å². The number of aromatic nitrogens is 4. The molecular formula is C20H22N6O3. The highest BCUT2D eigenvalue weighted by Gasteiger charge is 2.12. The monoisotopic (exact) mass is 394 g/mol. The molecule has 1 aromatic heterocycles. The van der Waals surface area contributed by atoms with Crippen molar-refractivity contribution in [3.8, 4) is 11.4 Å². The van der Waals surface area contributed by atoms with Crippen LogP contribution in [-0.2, 0) is 20.9 Å². The van der Waals surface area contributed by atoms with Gasteiger partial charge in [0.25, 0.3) is 5.91 Å². The van der Waals surface area contributed by atoms with Crippen molar-refractivity contribution in [1.82, 2.24) is 20.2 Å². The molecule has 9 nitrogen and oxygen atoms in total. The number of anilines is 2. The summed E-state index contributed by atoms with van der Waals surface area (Å²) in [4.78, 5) is 27.0. The number of nitrogens with one attached hydrogen (secondary N) is 1. The fourth-order valence-electron chi connectivity index (χ4n) is 2.48. The third-order valence-corrected chi connectivity index (χ3v) is 4.06. The third-order valence-electron chi connectivity index (χ3n) is 4.06. The van der Waals surface area contributed by atoms with Crippen molar-refractivity contribution >= 4 is 23.3 Å². The van der Waals surface area contributed by atoms with E-state index < -0.39 is 18.5 Å². The van der Waals surface area contributed by atoms with Gasteiger partial charge in [-0.1, -0.05) is 29.8 Å². The lowest BCUT2D eigenvalue weighted by atomic mass is 10.1. The van der Waals surface area contributed by atoms with E-state index in [4.69, 9.17) is 4.74 Å². The summed E-state index contributed by atoms with van der Waals surface area (Å²) in [7, 11) is 3.86. The number of hydrogen-bond donors (Lipinski definition) is 1. The molecule has 0 unspecified atom stereocenters. The van der Waals surface area contributed by atoms with E-state index in [0.29, 0.717) is 11.5 Å². The number of tetrazole rings is 1. The molecule has 1 N–H and O–H groups in total. The zero-order chi connectivity index (χ0) is 20.8. The lowest BCUT2D eigenvalue weighted by Crippen LogP contribution is -2.23. The third kappa shape index (κ3) is 5.61. The number of carbonyl (C=O) groups excluding carboxylic acids is 2. The molecule has 3 rings (SSSR count). The Labute approximate surface area is 168 Å². The zero-order valence-corrected chi connectivity index (χ0v) is 16.5. The first-order chi connectivity index (χ1) is 13.9. The van der Waals surface area contributed by atoms with Gasteiger partial charge in [0.2, 0.25) is 5.82 Å². The molecule has 0 aliphatic heterocycles. The maximum absolute atomic E-state index is 12.0. The number of hydrogen-bond acceptors (Lipinski definition) is 7. The minimum absolute atomic E-state index is 0.232. The van der Waals surface area contributed by atoms with Crippen LogP contribution in [0.5, 0.6) is 0 Å². The summed E-state index contributed by atoms with van der Waals surface area (Å²) in [5.41, 5.74) is 3.56. The quantitative estimate of drug-likeness (QED) is 0.611. The Morgan fingerprint density at radius 1 is 1.07 bits per heavy atom. The summed E-state index contributed by atoms with van der Waals surface area (Å²) >= 11 is 0. The van der Waals surface area contributed by atoms with E-state index >= 15 is 0 Å². The van der Waals surface area contributed by atoms with Crippen molar-refractivity contribution in [2.24, 2.45) is 0 Å². The van der Waals surface area contributed by atoms with Crippen LogP contribution < -0.4 is 10.2 Å². The summed E-state index contributed by atoms with van der Waals surface area (Å²) < 4.78 is 4.98. The number of ether oxygens (including phenoxy) is 1. The Morgan fingerprint density at radius 2 is 1.76 bits per heavy atom. The Bertz CT molecular complexity index is 980. The van der Waals surface area contributed by atoms with Crippen molar-refractivity contribution in [1.29, 1.82) is 0 Å². The summed E-state index contributed by atoms with van der Waals surface area (Å²) in [6.07, 6.45) is 0. The standard InChI is InChI=1S/C20H22N6O3/c1-14-4-6-15(7-5-14)20-22-24-26(23-20)12-19(28)29-13-18(27)21-16-8-10-17(11-9-16)25(2)3/h4-11H,12-13H2,1-3H3,(H,21,27). The van der Waals surface area contributed by atoms with E-state index in [0.717, 1.165) is 21.6 Å². The fourth-order valence-corrected chi connectivity index (χ4v) is 2.48. The van der Waals surface area contributed by atoms with Crippen molar-refractivity contribution in [2.45, 2.75) is 13.5 Å². The van der Waals surface area contributed by atoms with Crippen molar-refractivity contribution < 1.29 is 14.3 Å². The molecule has 0 bridgehead atoms. The van der Waals surface area contributed by atoms with Crippen LogP contribution in [0.25, 0.3) is 11.4 Å². The minimum atomic E-state index is -0.629. The molecule has 1 amide bonds. The van der Waals surface area contributed by atoms with Gasteiger partial charge < -0.3 is 15.0 Å². The summed E-state index contributed by atoms with van der Waals surface area (Å²) in [5, 5.41) is 14.6. The molecule has 29 heavy (non-hydrogen) atoms. The Kier molecular flexibility index (Phi) is 6.18. The van der Waals surface area contributed by atoms with E-state index in [2.05, 4.69) is 20.7 Å². The highest BCUT2D eigenvalue weighted by atomic mass is 16.5. The molecule has 0 aliphatic carbocycles. The number of nitrogens with zero attached hydrogens (tertiary/aromatic N) is 5. The molecule has 0 radical (unpaired) electrons. The van der Waals surface area contributed by atoms with Crippen LogP contribution >= 0.6 is 0 Å². The SMILES string of the molecule is Cc1ccc(-c2nnn(CC(=O)OCC(=O)Nc3ccc(N(C)C)cc3)n2)cc1. The summed E-state index contributed by atoms with van der Waals surface area (Å²) in [6.45, 7) is 1.36. The highest BCUT2D eigenvalue weighted by Crippen LogP contribution is 2.16. The van der Waals surface area contributed by atoms with Gasteiger partial charge in [0, 0.05) is 31.0 Å². The first-order valence-corrected chi connectivity index (χ1v) is 8.98. The van der Waals surface area contributed by atoms with Gasteiger partial charge in [-0.25, -0.2) is 4.79 Å². The maximum Gasteiger partial charge on any atom is 0.330 e. The number of carbonyl (C=O) groups is 2. The molecule has 150 valence electrons. The van der Waals surface area contributed by atoms with Crippen molar-refractivity contribution in [3.05, 3.63) is 54.1 Å². The number of benzene rings is 2. The van der Waals surface area contributed by atoms with Gasteiger partial charge in [0.15, 0.2) is 13.2 Å². The molecule has 0 saturated carbocycles. The second-order valence-corrected chi connectivity index (χ2v) is 6.66. The lowest BCUT2D eigenvalue weighted by molar-refractivity contribution is -0.148. The number of aryl methyl sites for hydroxylation is 1. The van der Waals surface area contributed by atoms with E-state index in [-0.39, 0.29) is 6.54 Å².